The number of nitrogens with one attached hydrogen (secondary N) is 1. The van der Waals surface area contributed by atoms with Crippen molar-refractivity contribution in [3.63, 3.8) is 0 Å². The minimum Gasteiger partial charge on any atom is -0.464 e. The van der Waals surface area contributed by atoms with Crippen molar-refractivity contribution in [3.05, 3.63) is 23.7 Å². The molecule has 4 heteroatoms. The maximum atomic E-state index is 6.08. The Hall–Kier alpha value is -0.450. The van der Waals surface area contributed by atoms with Gasteiger partial charge in [-0.1, -0.05) is 6.92 Å². The molecule has 0 bridgehead atoms. The molecule has 3 rings (SSSR count). The molecule has 2 saturated heterocycles. The van der Waals surface area contributed by atoms with Crippen molar-refractivity contribution < 1.29 is 9.15 Å². The van der Waals surface area contributed by atoms with Gasteiger partial charge in [0, 0.05) is 24.8 Å². The Morgan fingerprint density at radius 3 is 3.10 bits per heavy atom. The van der Waals surface area contributed by atoms with E-state index in [4.69, 9.17) is 9.15 Å². The molecule has 112 valence electrons. The van der Waals surface area contributed by atoms with Crippen LogP contribution in [-0.4, -0.2) is 29.8 Å². The summed E-state index contributed by atoms with van der Waals surface area (Å²) in [4.78, 5) is 0. The minimum atomic E-state index is 0.151. The molecule has 0 radical (unpaired) electrons. The van der Waals surface area contributed by atoms with E-state index in [1.165, 1.54) is 17.9 Å². The Bertz CT molecular complexity index is 439. The monoisotopic (exact) mass is 295 g/mol. The normalized spacial score (nSPS) is 31.8. The van der Waals surface area contributed by atoms with Crippen LogP contribution in [0.1, 0.15) is 50.7 Å². The first kappa shape index (κ1) is 14.5. The second-order valence-electron chi connectivity index (χ2n) is 6.07. The number of hydrogen-bond acceptors (Lipinski definition) is 4. The van der Waals surface area contributed by atoms with Gasteiger partial charge in [-0.25, -0.2) is 0 Å². The van der Waals surface area contributed by atoms with Crippen LogP contribution in [0.5, 0.6) is 0 Å². The number of ether oxygens (including phenoxy) is 1. The molecule has 0 unspecified atom stereocenters. The van der Waals surface area contributed by atoms with Crippen molar-refractivity contribution in [2.24, 2.45) is 0 Å². The molecule has 1 aromatic heterocycles. The summed E-state index contributed by atoms with van der Waals surface area (Å²) in [7, 11) is 0. The summed E-state index contributed by atoms with van der Waals surface area (Å²) in [6, 6.07) is 5.03. The SMILES string of the molecule is CCc1ccc([C@H](C)N[C@H]2CCO[C@]3(CCSC3)C2)o1. The van der Waals surface area contributed by atoms with Crippen LogP contribution < -0.4 is 5.32 Å². The maximum Gasteiger partial charge on any atom is 0.120 e. The fourth-order valence-electron chi connectivity index (χ4n) is 3.29. The quantitative estimate of drug-likeness (QED) is 0.921. The van der Waals surface area contributed by atoms with Gasteiger partial charge in [0.15, 0.2) is 0 Å². The molecule has 2 aliphatic heterocycles. The van der Waals surface area contributed by atoms with Crippen LogP contribution in [0.2, 0.25) is 0 Å². The largest absolute Gasteiger partial charge is 0.464 e. The molecule has 0 aromatic carbocycles. The zero-order valence-electron chi connectivity index (χ0n) is 12.5. The molecule has 20 heavy (non-hydrogen) atoms. The second kappa shape index (κ2) is 6.12. The highest BCUT2D eigenvalue weighted by Crippen LogP contribution is 2.38. The molecule has 0 aliphatic carbocycles. The Morgan fingerprint density at radius 2 is 2.40 bits per heavy atom. The molecule has 3 nitrogen and oxygen atoms in total. The zero-order valence-corrected chi connectivity index (χ0v) is 13.3. The Kier molecular flexibility index (Phi) is 4.43. The fraction of sp³-hybridized carbons (Fsp3) is 0.750. The molecule has 0 amide bonds. The van der Waals surface area contributed by atoms with Crippen LogP contribution in [0.4, 0.5) is 0 Å². The van der Waals surface area contributed by atoms with Crippen molar-refractivity contribution in [1.82, 2.24) is 5.32 Å². The van der Waals surface area contributed by atoms with Crippen molar-refractivity contribution in [1.29, 1.82) is 0 Å². The summed E-state index contributed by atoms with van der Waals surface area (Å²) < 4.78 is 11.9. The first-order valence-electron chi connectivity index (χ1n) is 7.77. The van der Waals surface area contributed by atoms with Gasteiger partial charge in [-0.3, -0.25) is 0 Å². The third-order valence-corrected chi connectivity index (χ3v) is 5.73. The first-order valence-corrected chi connectivity index (χ1v) is 8.92. The van der Waals surface area contributed by atoms with E-state index in [2.05, 4.69) is 31.3 Å². The predicted molar refractivity (Wildman–Crippen MR) is 83.3 cm³/mol. The molecular formula is C16H25NO2S. The molecule has 2 aliphatic rings. The van der Waals surface area contributed by atoms with Crippen LogP contribution >= 0.6 is 11.8 Å². The van der Waals surface area contributed by atoms with Gasteiger partial charge in [-0.15, -0.1) is 0 Å². The summed E-state index contributed by atoms with van der Waals surface area (Å²) in [5, 5.41) is 3.74. The highest BCUT2D eigenvalue weighted by atomic mass is 32.2. The van der Waals surface area contributed by atoms with E-state index in [1.54, 1.807) is 0 Å². The average molecular weight is 295 g/mol. The maximum absolute atomic E-state index is 6.08. The van der Waals surface area contributed by atoms with Gasteiger partial charge < -0.3 is 14.5 Å². The topological polar surface area (TPSA) is 34.4 Å². The molecule has 3 atom stereocenters. The molecule has 1 N–H and O–H groups in total. The molecule has 2 fully saturated rings. The zero-order chi connectivity index (χ0) is 14.0. The van der Waals surface area contributed by atoms with E-state index in [9.17, 15) is 0 Å². The lowest BCUT2D eigenvalue weighted by Crippen LogP contribution is -2.47. The smallest absolute Gasteiger partial charge is 0.120 e. The van der Waals surface area contributed by atoms with Gasteiger partial charge in [0.25, 0.3) is 0 Å². The minimum absolute atomic E-state index is 0.151. The Labute approximate surface area is 125 Å². The van der Waals surface area contributed by atoms with E-state index in [1.807, 2.05) is 11.8 Å². The van der Waals surface area contributed by atoms with E-state index >= 15 is 0 Å². The van der Waals surface area contributed by atoms with Gasteiger partial charge in [-0.05, 0) is 44.1 Å². The van der Waals surface area contributed by atoms with Gasteiger partial charge in [0.1, 0.15) is 11.5 Å². The van der Waals surface area contributed by atoms with Crippen molar-refractivity contribution >= 4 is 11.8 Å². The van der Waals surface area contributed by atoms with E-state index < -0.39 is 0 Å². The summed E-state index contributed by atoms with van der Waals surface area (Å²) in [6.07, 6.45) is 4.43. The number of thioether (sulfide) groups is 1. The molecule has 1 aromatic rings. The van der Waals surface area contributed by atoms with Crippen molar-refractivity contribution in [3.8, 4) is 0 Å². The lowest BCUT2D eigenvalue weighted by atomic mass is 9.89. The second-order valence-corrected chi connectivity index (χ2v) is 7.17. The van der Waals surface area contributed by atoms with Gasteiger partial charge >= 0.3 is 0 Å². The first-order chi connectivity index (χ1) is 9.71. The standard InChI is InChI=1S/C16H25NO2S/c1-3-14-4-5-15(19-14)12(2)17-13-6-8-18-16(10-13)7-9-20-11-16/h4-5,12-13,17H,3,6-11H2,1-2H3/t12-,13-,16+/m0/s1. The van der Waals surface area contributed by atoms with E-state index in [-0.39, 0.29) is 11.6 Å². The predicted octanol–water partition coefficient (Wildman–Crippen LogP) is 3.55. The van der Waals surface area contributed by atoms with Crippen LogP contribution in [0.15, 0.2) is 16.5 Å². The van der Waals surface area contributed by atoms with Crippen LogP contribution in [0.25, 0.3) is 0 Å². The number of furan rings is 1. The van der Waals surface area contributed by atoms with Crippen LogP contribution in [0, 0.1) is 0 Å². The van der Waals surface area contributed by atoms with Crippen LogP contribution in [0.3, 0.4) is 0 Å². The summed E-state index contributed by atoms with van der Waals surface area (Å²) in [5.41, 5.74) is 0.151. The number of rotatable bonds is 4. The molecule has 3 heterocycles. The highest BCUT2D eigenvalue weighted by molar-refractivity contribution is 7.99. The number of aryl methyl sites for hydroxylation is 1. The van der Waals surface area contributed by atoms with E-state index in [0.29, 0.717) is 6.04 Å². The van der Waals surface area contributed by atoms with Gasteiger partial charge in [0.2, 0.25) is 0 Å². The van der Waals surface area contributed by atoms with Crippen molar-refractivity contribution in [2.75, 3.05) is 18.1 Å². The third kappa shape index (κ3) is 3.07. The van der Waals surface area contributed by atoms with Gasteiger partial charge in [-0.2, -0.15) is 11.8 Å². The number of hydrogen-bond donors (Lipinski definition) is 1. The Morgan fingerprint density at radius 1 is 1.50 bits per heavy atom. The summed E-state index contributed by atoms with van der Waals surface area (Å²) in [6.45, 7) is 5.22. The molecule has 0 saturated carbocycles. The summed E-state index contributed by atoms with van der Waals surface area (Å²) >= 11 is 2.03. The highest BCUT2D eigenvalue weighted by Gasteiger charge is 2.40. The third-order valence-electron chi connectivity index (χ3n) is 4.50. The van der Waals surface area contributed by atoms with Crippen LogP contribution in [-0.2, 0) is 11.2 Å². The summed E-state index contributed by atoms with van der Waals surface area (Å²) in [5.74, 6) is 4.55. The van der Waals surface area contributed by atoms with Gasteiger partial charge in [0.05, 0.1) is 11.6 Å². The lowest BCUT2D eigenvalue weighted by molar-refractivity contribution is -0.0714. The molecule has 1 spiro atoms. The Balaban J connectivity index is 1.59. The fourth-order valence-corrected chi connectivity index (χ4v) is 4.66. The lowest BCUT2D eigenvalue weighted by Gasteiger charge is -2.39. The van der Waals surface area contributed by atoms with Crippen molar-refractivity contribution in [2.45, 2.75) is 57.2 Å². The average Bonchev–Trinajstić information content (AvgIpc) is 3.08. The van der Waals surface area contributed by atoms with E-state index in [0.717, 1.165) is 37.4 Å². The molecular weight excluding hydrogens is 270 g/mol.